The van der Waals surface area contributed by atoms with Crippen molar-refractivity contribution in [2.75, 3.05) is 5.32 Å². The first-order valence-corrected chi connectivity index (χ1v) is 18.6. The number of phenols is 2. The summed E-state index contributed by atoms with van der Waals surface area (Å²) in [5.41, 5.74) is -2.43. The van der Waals surface area contributed by atoms with E-state index in [-0.39, 0.29) is 223 Å². The van der Waals surface area contributed by atoms with Crippen molar-refractivity contribution in [3.8, 4) is 11.5 Å². The summed E-state index contributed by atoms with van der Waals surface area (Å²) in [6, 6.07) is 4.21. The summed E-state index contributed by atoms with van der Waals surface area (Å²) in [7, 11) is -21.0. The van der Waals surface area contributed by atoms with Crippen molar-refractivity contribution in [2.24, 2.45) is 10.2 Å². The number of rotatable bonds is 8. The van der Waals surface area contributed by atoms with Gasteiger partial charge in [0.2, 0.25) is 5.95 Å². The SMILES string of the molecule is O=S(=O)(O)c1ccc2c(S(=O)(=O)O)cc(O)c(N=Nc3cc(S(=O)(=O)O)c4cc(Nc5nc(F)nc(F)c5Cl)cc(S(=O)(=O)O)c4c3O)c2c1.[Cu].[K+].[K+].[K+].[K+]. The zero-order chi connectivity index (χ0) is 37.3. The van der Waals surface area contributed by atoms with Gasteiger partial charge < -0.3 is 15.5 Å². The van der Waals surface area contributed by atoms with Gasteiger partial charge in [-0.1, -0.05) is 17.7 Å². The topological polar surface area (TPSA) is 320 Å². The molecule has 19 nitrogen and oxygen atoms in total. The second-order valence-corrected chi connectivity index (χ2v) is 15.7. The quantitative estimate of drug-likeness (QED) is 0.0250. The van der Waals surface area contributed by atoms with Crippen LogP contribution >= 0.6 is 11.6 Å². The first-order chi connectivity index (χ1) is 22.9. The minimum absolute atomic E-state index is 0. The molecule has 5 aromatic rings. The standard InChI is InChI=1S/C24H14ClF2N5O14S4.Cu.4K/c25-19-22(26)29-24(27)30-23(19)28-8-3-12-15(48(38,39)40)6-13(21(34)18(12)17(4-8)50(44,45)46)31-32-20-11-5-9(47(35,36)37)1-2-10(11)16(7-14(20)33)49(41,42)43;;;;;/h1-7,33-34H,(H,28,29,30)(H,35,36,37)(H,38,39,40)(H,41,42,43)(H,44,45,46);;;;;/q;;4*+1. The summed E-state index contributed by atoms with van der Waals surface area (Å²) in [6.07, 6.45) is -1.64. The van der Waals surface area contributed by atoms with Gasteiger partial charge in [0.25, 0.3) is 40.5 Å². The maximum atomic E-state index is 13.9. The van der Waals surface area contributed by atoms with Crippen LogP contribution in [0.1, 0.15) is 0 Å². The maximum Gasteiger partial charge on any atom is 1.00 e. The number of aromatic nitrogens is 2. The number of fused-ring (bicyclic) bond motifs is 2. The van der Waals surface area contributed by atoms with Crippen molar-refractivity contribution in [3.05, 3.63) is 59.5 Å². The Morgan fingerprint density at radius 2 is 1.20 bits per heavy atom. The number of nitrogens with zero attached hydrogens (tertiary/aromatic N) is 4. The van der Waals surface area contributed by atoms with Crippen molar-refractivity contribution >= 4 is 96.5 Å². The molecule has 4 aromatic carbocycles. The molecule has 0 fully saturated rings. The van der Waals surface area contributed by atoms with Gasteiger partial charge in [-0.05, 0) is 30.3 Å². The molecular weight excluding hydrogens is 1000 g/mol. The molecule has 0 bridgehead atoms. The Morgan fingerprint density at radius 1 is 0.655 bits per heavy atom. The van der Waals surface area contributed by atoms with Gasteiger partial charge in [0, 0.05) is 50.4 Å². The molecule has 0 atom stereocenters. The van der Waals surface area contributed by atoms with Gasteiger partial charge in [-0.3, -0.25) is 18.2 Å². The second-order valence-electron chi connectivity index (χ2n) is 9.76. The van der Waals surface area contributed by atoms with E-state index in [1.54, 1.807) is 0 Å². The Morgan fingerprint density at radius 3 is 1.73 bits per heavy atom. The molecule has 1 radical (unpaired) electrons. The monoisotopic (exact) mass is 1020 g/mol. The first-order valence-electron chi connectivity index (χ1n) is 12.5. The van der Waals surface area contributed by atoms with Gasteiger partial charge in [-0.15, -0.1) is 10.2 Å². The molecule has 275 valence electrons. The van der Waals surface area contributed by atoms with Crippen LogP contribution in [0.25, 0.3) is 21.5 Å². The fourth-order valence-electron chi connectivity index (χ4n) is 4.56. The van der Waals surface area contributed by atoms with Crippen LogP contribution in [-0.4, -0.2) is 72.1 Å². The molecule has 0 aliphatic rings. The number of azo groups is 1. The summed E-state index contributed by atoms with van der Waals surface area (Å²) >= 11 is 5.71. The van der Waals surface area contributed by atoms with Crippen LogP contribution in [0.5, 0.6) is 11.5 Å². The van der Waals surface area contributed by atoms with E-state index in [9.17, 15) is 70.9 Å². The van der Waals surface area contributed by atoms with Gasteiger partial charge in [0.1, 0.15) is 36.8 Å². The van der Waals surface area contributed by atoms with Crippen molar-refractivity contribution in [1.82, 2.24) is 9.97 Å². The Kier molecular flexibility index (Phi) is 22.5. The van der Waals surface area contributed by atoms with Crippen LogP contribution in [0.4, 0.5) is 31.7 Å². The number of aromatic hydroxyl groups is 2. The third kappa shape index (κ3) is 13.2. The number of anilines is 2. The van der Waals surface area contributed by atoms with Gasteiger partial charge >= 0.3 is 212 Å². The van der Waals surface area contributed by atoms with Crippen LogP contribution < -0.4 is 211 Å². The van der Waals surface area contributed by atoms with Crippen molar-refractivity contribution in [1.29, 1.82) is 0 Å². The van der Waals surface area contributed by atoms with E-state index in [4.69, 9.17) is 11.6 Å². The Labute approximate surface area is 494 Å². The number of hydrogen-bond donors (Lipinski definition) is 7. The predicted octanol–water partition coefficient (Wildman–Crippen LogP) is -7.71. The molecule has 0 saturated heterocycles. The Bertz CT molecular complexity index is 2830. The molecule has 55 heavy (non-hydrogen) atoms. The average molecular weight is 1020 g/mol. The molecule has 7 N–H and O–H groups in total. The van der Waals surface area contributed by atoms with Crippen molar-refractivity contribution < 1.29 is 293 Å². The minimum Gasteiger partial charge on any atom is -0.506 e. The molecule has 0 saturated carbocycles. The van der Waals surface area contributed by atoms with Crippen LogP contribution in [-0.2, 0) is 57.5 Å². The molecule has 0 aliphatic carbocycles. The smallest absolute Gasteiger partial charge is 0.506 e. The fraction of sp³-hybridized carbons (Fsp3) is 0. The van der Waals surface area contributed by atoms with Crippen LogP contribution in [0.2, 0.25) is 5.02 Å². The van der Waals surface area contributed by atoms with E-state index < -0.39 is 133 Å². The molecule has 0 unspecified atom stereocenters. The van der Waals surface area contributed by atoms with Gasteiger partial charge in [0.05, 0.1) is 4.90 Å². The van der Waals surface area contributed by atoms with E-state index in [2.05, 4.69) is 25.5 Å². The summed E-state index contributed by atoms with van der Waals surface area (Å²) < 4.78 is 164. The molecule has 0 spiro atoms. The van der Waals surface area contributed by atoms with Crippen LogP contribution in [0, 0.1) is 12.0 Å². The summed E-state index contributed by atoms with van der Waals surface area (Å²) in [5, 5.41) is 27.1. The third-order valence-corrected chi connectivity index (χ3v) is 10.4. The normalized spacial score (nSPS) is 11.8. The number of benzene rings is 4. The molecule has 1 heterocycles. The Balaban J connectivity index is 0.00000583. The van der Waals surface area contributed by atoms with E-state index in [0.29, 0.717) is 30.3 Å². The third-order valence-electron chi connectivity index (χ3n) is 6.57. The molecule has 5 rings (SSSR count). The van der Waals surface area contributed by atoms with E-state index in [1.165, 1.54) is 0 Å². The first kappa shape index (κ1) is 57.3. The second kappa shape index (κ2) is 21.6. The van der Waals surface area contributed by atoms with Crippen LogP contribution in [0.15, 0.2) is 72.3 Å². The van der Waals surface area contributed by atoms with Gasteiger partial charge in [-0.25, -0.2) is 0 Å². The van der Waals surface area contributed by atoms with E-state index in [0.717, 1.165) is 12.1 Å². The molecular formula is C24H14ClCuF2K4N5O14S4+4. The summed E-state index contributed by atoms with van der Waals surface area (Å²) in [4.78, 5) is 1.55. The number of halogens is 3. The minimum atomic E-state index is -5.48. The maximum absolute atomic E-state index is 13.9. The fourth-order valence-corrected chi connectivity index (χ4v) is 7.35. The average Bonchev–Trinajstić information content (AvgIpc) is 2.97. The molecule has 31 heteroatoms. The zero-order valence-electron chi connectivity index (χ0n) is 27.8. The predicted molar refractivity (Wildman–Crippen MR) is 165 cm³/mol. The number of hydrogen-bond acceptors (Lipinski definition) is 15. The number of phenolic OH excluding ortho intramolecular Hbond substituents is 2. The van der Waals surface area contributed by atoms with Gasteiger partial charge in [0.15, 0.2) is 11.6 Å². The molecule has 0 aliphatic heterocycles. The summed E-state index contributed by atoms with van der Waals surface area (Å²) in [6.45, 7) is 0. The van der Waals surface area contributed by atoms with E-state index in [1.807, 2.05) is 0 Å². The largest absolute Gasteiger partial charge is 1.00 e. The summed E-state index contributed by atoms with van der Waals surface area (Å²) in [5.74, 6) is -4.78. The number of nitrogens with one attached hydrogen (secondary N) is 1. The molecule has 0 amide bonds. The zero-order valence-corrected chi connectivity index (χ0v) is 45.3. The van der Waals surface area contributed by atoms with Crippen molar-refractivity contribution in [3.63, 3.8) is 0 Å². The van der Waals surface area contributed by atoms with Gasteiger partial charge in [-0.2, -0.15) is 52.4 Å². The van der Waals surface area contributed by atoms with Crippen molar-refractivity contribution in [2.45, 2.75) is 19.6 Å². The molecule has 1 aromatic heterocycles. The van der Waals surface area contributed by atoms with E-state index >= 15 is 0 Å². The van der Waals surface area contributed by atoms with Crippen LogP contribution in [0.3, 0.4) is 0 Å². The Hall–Kier alpha value is 2.33.